The van der Waals surface area contributed by atoms with Gasteiger partial charge in [0.2, 0.25) is 0 Å². The number of carbonyl (C=O) groups is 1. The summed E-state index contributed by atoms with van der Waals surface area (Å²) in [6.45, 7) is 0.639. The number of hydrogen-bond acceptors (Lipinski definition) is 4. The molecule has 2 N–H and O–H groups in total. The minimum absolute atomic E-state index is 0.215. The number of carbonyl (C=O) groups excluding carboxylic acids is 1. The molecule has 23 heavy (non-hydrogen) atoms. The molecule has 0 saturated heterocycles. The highest BCUT2D eigenvalue weighted by Crippen LogP contribution is 2.12. The van der Waals surface area contributed by atoms with Gasteiger partial charge in [-0.2, -0.15) is 9.93 Å². The van der Waals surface area contributed by atoms with Gasteiger partial charge < -0.3 is 0 Å². The van der Waals surface area contributed by atoms with Crippen molar-refractivity contribution in [2.24, 2.45) is 0 Å². The highest BCUT2D eigenvalue weighted by Gasteiger charge is 2.08. The largest absolute Gasteiger partial charge is 0.277 e. The summed E-state index contributed by atoms with van der Waals surface area (Å²) in [4.78, 5) is 15.9. The number of nitrogens with zero attached hydrogens (tertiary/aromatic N) is 2. The van der Waals surface area contributed by atoms with Crippen molar-refractivity contribution >= 4 is 17.9 Å². The molecule has 0 spiro atoms. The summed E-state index contributed by atoms with van der Waals surface area (Å²) in [5, 5.41) is 4.22. The molecule has 0 radical (unpaired) electrons. The Morgan fingerprint density at radius 2 is 1.74 bits per heavy atom. The molecule has 1 heterocycles. The molecular weight excluding hydrogens is 308 g/mol. The summed E-state index contributed by atoms with van der Waals surface area (Å²) in [6, 6.07) is 19.8. The lowest BCUT2D eigenvalue weighted by molar-refractivity contribution is 0.0947. The summed E-state index contributed by atoms with van der Waals surface area (Å²) in [5.41, 5.74) is 4.30. The fraction of sp³-hybridized carbons (Fsp3) is 0.0588. The summed E-state index contributed by atoms with van der Waals surface area (Å²) < 4.78 is 1.74. The molecule has 1 aromatic heterocycles. The predicted molar refractivity (Wildman–Crippen MR) is 90.7 cm³/mol. The van der Waals surface area contributed by atoms with E-state index in [0.29, 0.717) is 12.1 Å². The Labute approximate surface area is 138 Å². The zero-order valence-corrected chi connectivity index (χ0v) is 13.2. The Bertz CT molecular complexity index is 759. The smallest absolute Gasteiger partial charge is 0.269 e. The van der Waals surface area contributed by atoms with Crippen molar-refractivity contribution in [1.29, 1.82) is 0 Å². The Morgan fingerprint density at radius 1 is 1.04 bits per heavy atom. The standard InChI is InChI=1S/C17H16N4OS/c22-17(19-20-23-16-9-5-2-6-10-16)15-11-18-21(13-15)12-14-7-3-1-4-8-14/h1-11,13,20H,12H2,(H,19,22). The molecule has 0 unspecified atom stereocenters. The van der Waals surface area contributed by atoms with Crippen molar-refractivity contribution in [3.63, 3.8) is 0 Å². The van der Waals surface area contributed by atoms with Crippen LogP contribution in [-0.2, 0) is 6.54 Å². The second kappa shape index (κ2) is 7.62. The Morgan fingerprint density at radius 3 is 2.48 bits per heavy atom. The Balaban J connectivity index is 1.52. The predicted octanol–water partition coefficient (Wildman–Crippen LogP) is 2.87. The van der Waals surface area contributed by atoms with Crippen LogP contribution in [0.25, 0.3) is 0 Å². The zero-order chi connectivity index (χ0) is 15.9. The molecule has 1 amide bonds. The maximum atomic E-state index is 12.1. The average Bonchev–Trinajstić information content (AvgIpc) is 3.05. The molecular formula is C17H16N4OS. The lowest BCUT2D eigenvalue weighted by Gasteiger charge is -2.04. The van der Waals surface area contributed by atoms with Crippen molar-refractivity contribution in [2.45, 2.75) is 11.4 Å². The van der Waals surface area contributed by atoms with Crippen molar-refractivity contribution < 1.29 is 4.79 Å². The van der Waals surface area contributed by atoms with Crippen molar-refractivity contribution in [1.82, 2.24) is 20.0 Å². The first-order chi connectivity index (χ1) is 11.3. The van der Waals surface area contributed by atoms with E-state index in [-0.39, 0.29) is 5.91 Å². The maximum absolute atomic E-state index is 12.1. The second-order valence-corrected chi connectivity index (χ2v) is 5.76. The minimum Gasteiger partial charge on any atom is -0.277 e. The van der Waals surface area contributed by atoms with Gasteiger partial charge >= 0.3 is 0 Å². The van der Waals surface area contributed by atoms with E-state index < -0.39 is 0 Å². The van der Waals surface area contributed by atoms with Crippen LogP contribution in [0.15, 0.2) is 78.0 Å². The van der Waals surface area contributed by atoms with Gasteiger partial charge in [-0.3, -0.25) is 14.9 Å². The number of aromatic nitrogens is 2. The third-order valence-corrected chi connectivity index (χ3v) is 3.87. The molecule has 0 fully saturated rings. The molecule has 2 aromatic carbocycles. The van der Waals surface area contributed by atoms with Crippen LogP contribution in [-0.4, -0.2) is 15.7 Å². The van der Waals surface area contributed by atoms with E-state index in [1.54, 1.807) is 17.1 Å². The number of hydrogen-bond donors (Lipinski definition) is 2. The van der Waals surface area contributed by atoms with Gasteiger partial charge in [0.15, 0.2) is 0 Å². The van der Waals surface area contributed by atoms with Gasteiger partial charge in [-0.1, -0.05) is 48.5 Å². The topological polar surface area (TPSA) is 59.0 Å². The average molecular weight is 324 g/mol. The van der Waals surface area contributed by atoms with E-state index in [4.69, 9.17) is 0 Å². The van der Waals surface area contributed by atoms with E-state index >= 15 is 0 Å². The molecule has 0 atom stereocenters. The van der Waals surface area contributed by atoms with Crippen LogP contribution in [0.2, 0.25) is 0 Å². The van der Waals surface area contributed by atoms with Crippen LogP contribution in [0.5, 0.6) is 0 Å². The third kappa shape index (κ3) is 4.45. The summed E-state index contributed by atoms with van der Waals surface area (Å²) in [6.07, 6.45) is 3.30. The number of hydrazine groups is 1. The van der Waals surface area contributed by atoms with Gasteiger partial charge in [0.1, 0.15) is 0 Å². The van der Waals surface area contributed by atoms with E-state index in [1.807, 2.05) is 60.7 Å². The SMILES string of the molecule is O=C(NNSc1ccccc1)c1cnn(Cc2ccccc2)c1. The number of amides is 1. The lowest BCUT2D eigenvalue weighted by atomic mass is 10.2. The minimum atomic E-state index is -0.215. The van der Waals surface area contributed by atoms with Crippen LogP contribution in [0.4, 0.5) is 0 Å². The molecule has 116 valence electrons. The summed E-state index contributed by atoms with van der Waals surface area (Å²) in [7, 11) is 0. The van der Waals surface area contributed by atoms with Crippen LogP contribution in [0.1, 0.15) is 15.9 Å². The van der Waals surface area contributed by atoms with E-state index in [9.17, 15) is 4.79 Å². The first kappa shape index (κ1) is 15.3. The monoisotopic (exact) mass is 324 g/mol. The molecule has 0 aliphatic rings. The highest BCUT2D eigenvalue weighted by atomic mass is 32.2. The molecule has 0 aliphatic carbocycles. The fourth-order valence-corrected chi connectivity index (χ4v) is 2.58. The Hall–Kier alpha value is -2.57. The highest BCUT2D eigenvalue weighted by molar-refractivity contribution is 7.97. The van der Waals surface area contributed by atoms with Gasteiger partial charge in [-0.05, 0) is 29.6 Å². The van der Waals surface area contributed by atoms with Crippen molar-refractivity contribution in [3.05, 3.63) is 84.2 Å². The van der Waals surface area contributed by atoms with Crippen LogP contribution < -0.4 is 10.3 Å². The third-order valence-electron chi connectivity index (χ3n) is 3.16. The van der Waals surface area contributed by atoms with E-state index in [0.717, 1.165) is 10.5 Å². The lowest BCUT2D eigenvalue weighted by Crippen LogP contribution is -2.32. The van der Waals surface area contributed by atoms with Crippen molar-refractivity contribution in [2.75, 3.05) is 0 Å². The number of benzene rings is 2. The van der Waals surface area contributed by atoms with Gasteiger partial charge in [0.05, 0.1) is 18.3 Å². The van der Waals surface area contributed by atoms with E-state index in [2.05, 4.69) is 15.4 Å². The van der Waals surface area contributed by atoms with Gasteiger partial charge in [0.25, 0.3) is 5.91 Å². The summed E-state index contributed by atoms with van der Waals surface area (Å²) >= 11 is 1.34. The molecule has 0 bridgehead atoms. The van der Waals surface area contributed by atoms with Gasteiger partial charge in [-0.15, -0.1) is 0 Å². The summed E-state index contributed by atoms with van der Waals surface area (Å²) in [5.74, 6) is -0.215. The van der Waals surface area contributed by atoms with Crippen molar-refractivity contribution in [3.8, 4) is 0 Å². The first-order valence-corrected chi connectivity index (χ1v) is 7.96. The number of rotatable bonds is 6. The van der Waals surface area contributed by atoms with Gasteiger partial charge in [-0.25, -0.2) is 0 Å². The molecule has 3 aromatic rings. The molecule has 0 saturated carbocycles. The van der Waals surface area contributed by atoms with E-state index in [1.165, 1.54) is 11.9 Å². The normalized spacial score (nSPS) is 10.4. The van der Waals surface area contributed by atoms with Gasteiger partial charge in [0, 0.05) is 11.1 Å². The fourth-order valence-electron chi connectivity index (χ4n) is 2.03. The van der Waals surface area contributed by atoms with Crippen LogP contribution in [0, 0.1) is 0 Å². The zero-order valence-electron chi connectivity index (χ0n) is 12.3. The second-order valence-electron chi connectivity index (χ2n) is 4.88. The maximum Gasteiger partial charge on any atom is 0.269 e. The molecule has 5 nitrogen and oxygen atoms in total. The molecule has 3 rings (SSSR count). The van der Waals surface area contributed by atoms with Crippen LogP contribution in [0.3, 0.4) is 0 Å². The number of nitrogens with one attached hydrogen (secondary N) is 2. The molecule has 6 heteroatoms. The Kier molecular flexibility index (Phi) is 5.08. The first-order valence-electron chi connectivity index (χ1n) is 7.15. The van der Waals surface area contributed by atoms with Crippen LogP contribution >= 0.6 is 11.9 Å². The quantitative estimate of drug-likeness (QED) is 0.541. The molecule has 0 aliphatic heterocycles.